The third-order valence-electron chi connectivity index (χ3n) is 3.87. The van der Waals surface area contributed by atoms with Gasteiger partial charge < -0.3 is 25.0 Å². The summed E-state index contributed by atoms with van der Waals surface area (Å²) in [5.41, 5.74) is 0. The minimum absolute atomic E-state index is 0.00369. The summed E-state index contributed by atoms with van der Waals surface area (Å²) < 4.78 is 5.19. The van der Waals surface area contributed by atoms with Crippen LogP contribution in [0.3, 0.4) is 0 Å². The highest BCUT2D eigenvalue weighted by atomic mass is 16.5. The summed E-state index contributed by atoms with van der Waals surface area (Å²) in [4.78, 5) is 49.2. The summed E-state index contributed by atoms with van der Waals surface area (Å²) in [6.45, 7) is 1.56. The Bertz CT molecular complexity index is 511. The lowest BCUT2D eigenvalue weighted by atomic mass is 10.1. The van der Waals surface area contributed by atoms with E-state index < -0.39 is 31.0 Å². The Morgan fingerprint density at radius 2 is 1.25 bits per heavy atom. The second-order valence-electron chi connectivity index (χ2n) is 6.83. The number of carboxylic acids is 3. The van der Waals surface area contributed by atoms with Gasteiger partial charge in [0.25, 0.3) is 0 Å². The fourth-order valence-electron chi connectivity index (χ4n) is 2.33. The molecule has 3 N–H and O–H groups in total. The molecule has 0 amide bonds. The molecule has 0 bridgehead atoms. The SMILES string of the molecule is CC(CCN(C)C)C(=O)OCCN(CCN(CC(=O)O)CC(=O)O)CC(=O)O. The number of ether oxygens (including phenoxy) is 1. The van der Waals surface area contributed by atoms with E-state index >= 15 is 0 Å². The number of esters is 1. The molecule has 1 atom stereocenters. The Balaban J connectivity index is 4.52. The largest absolute Gasteiger partial charge is 0.480 e. The molecule has 0 aliphatic carbocycles. The smallest absolute Gasteiger partial charge is 0.317 e. The molecule has 11 heteroatoms. The van der Waals surface area contributed by atoms with Crippen molar-refractivity contribution < 1.29 is 39.2 Å². The number of nitrogens with zero attached hydrogens (tertiary/aromatic N) is 3. The molecule has 0 radical (unpaired) electrons. The van der Waals surface area contributed by atoms with Gasteiger partial charge in [-0.3, -0.25) is 29.0 Å². The van der Waals surface area contributed by atoms with Gasteiger partial charge in [-0.2, -0.15) is 0 Å². The maximum absolute atomic E-state index is 12.0. The number of hydrogen-bond donors (Lipinski definition) is 3. The van der Waals surface area contributed by atoms with Gasteiger partial charge in [-0.25, -0.2) is 0 Å². The predicted molar refractivity (Wildman–Crippen MR) is 99.1 cm³/mol. The van der Waals surface area contributed by atoms with Crippen molar-refractivity contribution in [3.05, 3.63) is 0 Å². The van der Waals surface area contributed by atoms with Gasteiger partial charge in [0, 0.05) is 19.6 Å². The van der Waals surface area contributed by atoms with Gasteiger partial charge in [0.2, 0.25) is 0 Å². The fourth-order valence-corrected chi connectivity index (χ4v) is 2.33. The third kappa shape index (κ3) is 13.9. The zero-order valence-corrected chi connectivity index (χ0v) is 16.7. The molecule has 0 aromatic carbocycles. The molecule has 0 heterocycles. The zero-order chi connectivity index (χ0) is 21.7. The van der Waals surface area contributed by atoms with Gasteiger partial charge in [0.05, 0.1) is 25.6 Å². The minimum Gasteiger partial charge on any atom is -0.480 e. The predicted octanol–water partition coefficient (Wildman–Crippen LogP) is -1.02. The van der Waals surface area contributed by atoms with Crippen LogP contribution in [0.4, 0.5) is 0 Å². The number of carbonyl (C=O) groups is 4. The molecule has 0 fully saturated rings. The first kappa shape index (κ1) is 25.8. The molecule has 0 aliphatic rings. The van der Waals surface area contributed by atoms with Crippen LogP contribution in [0.5, 0.6) is 0 Å². The molecule has 0 saturated carbocycles. The van der Waals surface area contributed by atoms with Gasteiger partial charge in [0.1, 0.15) is 6.61 Å². The van der Waals surface area contributed by atoms with E-state index in [1.54, 1.807) is 6.92 Å². The lowest BCUT2D eigenvalue weighted by Gasteiger charge is -2.25. The minimum atomic E-state index is -1.17. The summed E-state index contributed by atoms with van der Waals surface area (Å²) in [6, 6.07) is 0. The monoisotopic (exact) mass is 405 g/mol. The summed E-state index contributed by atoms with van der Waals surface area (Å²) in [6.07, 6.45) is 0.643. The molecule has 1 unspecified atom stereocenters. The van der Waals surface area contributed by atoms with Crippen LogP contribution in [0.2, 0.25) is 0 Å². The average molecular weight is 405 g/mol. The number of carbonyl (C=O) groups excluding carboxylic acids is 1. The summed E-state index contributed by atoms with van der Waals surface area (Å²) in [7, 11) is 3.81. The van der Waals surface area contributed by atoms with E-state index in [1.165, 1.54) is 9.80 Å². The third-order valence-corrected chi connectivity index (χ3v) is 3.87. The zero-order valence-electron chi connectivity index (χ0n) is 16.7. The standard InChI is InChI=1S/C17H31N3O8/c1-13(4-5-18(2)3)17(27)28-9-8-19(10-14(21)22)6-7-20(11-15(23)24)12-16(25)26/h13H,4-12H2,1-3H3,(H,21,22)(H,23,24)(H,25,26). The van der Waals surface area contributed by atoms with Crippen LogP contribution in [0.1, 0.15) is 13.3 Å². The first-order chi connectivity index (χ1) is 13.0. The van der Waals surface area contributed by atoms with Gasteiger partial charge in [-0.05, 0) is 27.1 Å². The van der Waals surface area contributed by atoms with Crippen molar-refractivity contribution in [1.29, 1.82) is 0 Å². The second kappa shape index (κ2) is 13.9. The van der Waals surface area contributed by atoms with Crippen LogP contribution in [-0.4, -0.2) is 120 Å². The van der Waals surface area contributed by atoms with E-state index in [0.717, 1.165) is 6.54 Å². The lowest BCUT2D eigenvalue weighted by molar-refractivity contribution is -0.149. The van der Waals surface area contributed by atoms with Crippen molar-refractivity contribution >= 4 is 23.9 Å². The Labute approximate surface area is 164 Å². The molecule has 0 aromatic rings. The van der Waals surface area contributed by atoms with Gasteiger partial charge in [-0.15, -0.1) is 0 Å². The molecule has 0 spiro atoms. The Hall–Kier alpha value is -2.24. The quantitative estimate of drug-likeness (QED) is 0.271. The molecule has 162 valence electrons. The highest BCUT2D eigenvalue weighted by molar-refractivity contribution is 5.73. The highest BCUT2D eigenvalue weighted by Gasteiger charge is 2.18. The van der Waals surface area contributed by atoms with Crippen LogP contribution >= 0.6 is 0 Å². The van der Waals surface area contributed by atoms with Crippen LogP contribution in [-0.2, 0) is 23.9 Å². The van der Waals surface area contributed by atoms with Crippen LogP contribution in [0.25, 0.3) is 0 Å². The molecule has 11 nitrogen and oxygen atoms in total. The van der Waals surface area contributed by atoms with E-state index in [0.29, 0.717) is 6.42 Å². The van der Waals surface area contributed by atoms with Crippen LogP contribution in [0.15, 0.2) is 0 Å². The summed E-state index contributed by atoms with van der Waals surface area (Å²) in [5.74, 6) is -4.08. The molecular weight excluding hydrogens is 374 g/mol. The first-order valence-corrected chi connectivity index (χ1v) is 8.92. The van der Waals surface area contributed by atoms with Crippen molar-refractivity contribution in [2.24, 2.45) is 5.92 Å². The maximum Gasteiger partial charge on any atom is 0.317 e. The Morgan fingerprint density at radius 1 is 0.786 bits per heavy atom. The van der Waals surface area contributed by atoms with Crippen molar-refractivity contribution in [2.75, 3.05) is 66.5 Å². The van der Waals surface area contributed by atoms with Crippen LogP contribution < -0.4 is 0 Å². The molecule has 0 aliphatic heterocycles. The molecule has 0 rings (SSSR count). The molecule has 28 heavy (non-hydrogen) atoms. The molecular formula is C17H31N3O8. The molecule has 0 aromatic heterocycles. The van der Waals surface area contributed by atoms with E-state index in [4.69, 9.17) is 20.1 Å². The van der Waals surface area contributed by atoms with E-state index in [9.17, 15) is 19.2 Å². The number of carboxylic acid groups (broad SMARTS) is 3. The lowest BCUT2D eigenvalue weighted by Crippen LogP contribution is -2.43. The summed E-state index contributed by atoms with van der Waals surface area (Å²) in [5, 5.41) is 26.7. The number of rotatable bonds is 16. The maximum atomic E-state index is 12.0. The van der Waals surface area contributed by atoms with Gasteiger partial charge in [-0.1, -0.05) is 6.92 Å². The van der Waals surface area contributed by atoms with E-state index in [1.807, 2.05) is 19.0 Å². The number of hydrogen-bond acceptors (Lipinski definition) is 8. The van der Waals surface area contributed by atoms with Gasteiger partial charge in [0.15, 0.2) is 0 Å². The Morgan fingerprint density at radius 3 is 1.71 bits per heavy atom. The van der Waals surface area contributed by atoms with E-state index in [-0.39, 0.29) is 44.7 Å². The topological polar surface area (TPSA) is 148 Å². The number of aliphatic carboxylic acids is 3. The van der Waals surface area contributed by atoms with E-state index in [2.05, 4.69) is 0 Å². The molecule has 0 saturated heterocycles. The summed E-state index contributed by atoms with van der Waals surface area (Å²) >= 11 is 0. The first-order valence-electron chi connectivity index (χ1n) is 8.92. The van der Waals surface area contributed by atoms with Crippen molar-refractivity contribution in [1.82, 2.24) is 14.7 Å². The van der Waals surface area contributed by atoms with Crippen molar-refractivity contribution in [3.63, 3.8) is 0 Å². The normalized spacial score (nSPS) is 12.4. The Kier molecular flexibility index (Phi) is 12.7. The van der Waals surface area contributed by atoms with Crippen molar-refractivity contribution in [3.8, 4) is 0 Å². The van der Waals surface area contributed by atoms with Gasteiger partial charge >= 0.3 is 23.9 Å². The van der Waals surface area contributed by atoms with Crippen molar-refractivity contribution in [2.45, 2.75) is 13.3 Å². The van der Waals surface area contributed by atoms with Crippen LogP contribution in [0, 0.1) is 5.92 Å². The highest BCUT2D eigenvalue weighted by Crippen LogP contribution is 2.05. The fraction of sp³-hybridized carbons (Fsp3) is 0.765. The second-order valence-corrected chi connectivity index (χ2v) is 6.83. The average Bonchev–Trinajstić information content (AvgIpc) is 2.55.